The summed E-state index contributed by atoms with van der Waals surface area (Å²) >= 11 is 1.25. The Morgan fingerprint density at radius 3 is 2.48 bits per heavy atom. The van der Waals surface area contributed by atoms with Gasteiger partial charge < -0.3 is 10.1 Å². The molecule has 0 saturated carbocycles. The highest BCUT2D eigenvalue weighted by molar-refractivity contribution is 8.15. The molecule has 3 rings (SSSR count). The average Bonchev–Trinajstić information content (AvgIpc) is 3.01. The summed E-state index contributed by atoms with van der Waals surface area (Å²) in [6, 6.07) is 15.6. The van der Waals surface area contributed by atoms with Gasteiger partial charge >= 0.3 is 5.97 Å². The normalized spacial score (nSPS) is 16.8. The lowest BCUT2D eigenvalue weighted by atomic mass is 10.2. The SMILES string of the molecule is CCN/C(=N\c1ccccc1)SC1CC(=O)N(c2ccc(C(=O)OC)cc2)C1=O. The minimum absolute atomic E-state index is 0.0848. The minimum atomic E-state index is -0.565. The van der Waals surface area contributed by atoms with Gasteiger partial charge in [-0.3, -0.25) is 9.59 Å². The van der Waals surface area contributed by atoms with Crippen molar-refractivity contribution in [3.05, 3.63) is 60.2 Å². The number of carbonyl (C=O) groups is 3. The van der Waals surface area contributed by atoms with E-state index >= 15 is 0 Å². The van der Waals surface area contributed by atoms with Gasteiger partial charge in [0.1, 0.15) is 5.25 Å². The molecular formula is C21H21N3O4S. The number of para-hydroxylation sites is 1. The lowest BCUT2D eigenvalue weighted by Gasteiger charge is -2.16. The molecule has 1 saturated heterocycles. The Kier molecular flexibility index (Phi) is 6.66. The van der Waals surface area contributed by atoms with Gasteiger partial charge in [0.2, 0.25) is 11.8 Å². The number of hydrogen-bond acceptors (Lipinski definition) is 6. The number of carbonyl (C=O) groups excluding carboxylic acids is 3. The maximum Gasteiger partial charge on any atom is 0.337 e. The van der Waals surface area contributed by atoms with Crippen molar-refractivity contribution in [2.45, 2.75) is 18.6 Å². The molecule has 0 spiro atoms. The van der Waals surface area contributed by atoms with E-state index in [0.717, 1.165) is 10.6 Å². The van der Waals surface area contributed by atoms with Crippen molar-refractivity contribution in [1.29, 1.82) is 0 Å². The van der Waals surface area contributed by atoms with E-state index in [9.17, 15) is 14.4 Å². The Labute approximate surface area is 173 Å². The Morgan fingerprint density at radius 2 is 1.86 bits per heavy atom. The maximum absolute atomic E-state index is 12.9. The molecule has 29 heavy (non-hydrogen) atoms. The molecule has 0 aromatic heterocycles. The molecule has 1 aliphatic rings. The highest BCUT2D eigenvalue weighted by Gasteiger charge is 2.40. The first-order chi connectivity index (χ1) is 14.0. The summed E-state index contributed by atoms with van der Waals surface area (Å²) < 4.78 is 4.67. The second-order valence-corrected chi connectivity index (χ2v) is 7.39. The van der Waals surface area contributed by atoms with Crippen molar-refractivity contribution in [1.82, 2.24) is 5.32 Å². The third kappa shape index (κ3) is 4.83. The monoisotopic (exact) mass is 411 g/mol. The van der Waals surface area contributed by atoms with Gasteiger partial charge in [-0.1, -0.05) is 30.0 Å². The summed E-state index contributed by atoms with van der Waals surface area (Å²) in [5, 5.41) is 3.18. The van der Waals surface area contributed by atoms with Crippen molar-refractivity contribution >= 4 is 46.1 Å². The first-order valence-electron chi connectivity index (χ1n) is 9.13. The number of methoxy groups -OCH3 is 1. The number of aliphatic imine (C=N–C) groups is 1. The van der Waals surface area contributed by atoms with E-state index in [1.54, 1.807) is 12.1 Å². The third-order valence-electron chi connectivity index (χ3n) is 4.22. The Morgan fingerprint density at radius 1 is 1.17 bits per heavy atom. The zero-order valence-electron chi connectivity index (χ0n) is 16.1. The quantitative estimate of drug-likeness (QED) is 0.352. The lowest BCUT2D eigenvalue weighted by molar-refractivity contribution is -0.121. The van der Waals surface area contributed by atoms with Crippen LogP contribution in [-0.4, -0.2) is 41.9 Å². The van der Waals surface area contributed by atoms with E-state index < -0.39 is 11.2 Å². The summed E-state index contributed by atoms with van der Waals surface area (Å²) in [5.74, 6) is -1.06. The molecule has 1 N–H and O–H groups in total. The van der Waals surface area contributed by atoms with Gasteiger partial charge in [-0.05, 0) is 43.3 Å². The highest BCUT2D eigenvalue weighted by Crippen LogP contribution is 2.31. The lowest BCUT2D eigenvalue weighted by Crippen LogP contribution is -2.32. The molecule has 1 fully saturated rings. The second-order valence-electron chi connectivity index (χ2n) is 6.20. The summed E-state index contributed by atoms with van der Waals surface area (Å²) in [6.45, 7) is 2.59. The molecule has 8 heteroatoms. The second kappa shape index (κ2) is 9.38. The molecule has 2 amide bonds. The van der Waals surface area contributed by atoms with Crippen molar-refractivity contribution in [2.24, 2.45) is 4.99 Å². The summed E-state index contributed by atoms with van der Waals surface area (Å²) in [6.07, 6.45) is 0.0848. The largest absolute Gasteiger partial charge is 0.465 e. The number of esters is 1. The number of rotatable bonds is 5. The zero-order chi connectivity index (χ0) is 20.8. The van der Waals surface area contributed by atoms with Gasteiger partial charge in [0.15, 0.2) is 5.17 Å². The van der Waals surface area contributed by atoms with Crippen LogP contribution in [0.25, 0.3) is 0 Å². The number of amidine groups is 1. The number of nitrogens with one attached hydrogen (secondary N) is 1. The van der Waals surface area contributed by atoms with Gasteiger partial charge in [-0.25, -0.2) is 14.7 Å². The summed E-state index contributed by atoms with van der Waals surface area (Å²) in [4.78, 5) is 42.7. The maximum atomic E-state index is 12.9. The number of amides is 2. The smallest absolute Gasteiger partial charge is 0.337 e. The molecule has 1 unspecified atom stereocenters. The highest BCUT2D eigenvalue weighted by atomic mass is 32.2. The molecule has 7 nitrogen and oxygen atoms in total. The molecule has 1 heterocycles. The van der Waals surface area contributed by atoms with Crippen molar-refractivity contribution in [2.75, 3.05) is 18.6 Å². The molecule has 150 valence electrons. The van der Waals surface area contributed by atoms with Crippen LogP contribution in [0.15, 0.2) is 59.6 Å². The molecule has 0 radical (unpaired) electrons. The number of nitrogens with zero attached hydrogens (tertiary/aromatic N) is 2. The van der Waals surface area contributed by atoms with Crippen LogP contribution >= 0.6 is 11.8 Å². The molecule has 2 aromatic carbocycles. The van der Waals surface area contributed by atoms with Gasteiger partial charge in [-0.2, -0.15) is 0 Å². The van der Waals surface area contributed by atoms with E-state index in [0.29, 0.717) is 23.0 Å². The fourth-order valence-corrected chi connectivity index (χ4v) is 3.93. The third-order valence-corrected chi connectivity index (χ3v) is 5.33. The zero-order valence-corrected chi connectivity index (χ0v) is 16.9. The molecule has 2 aromatic rings. The molecule has 1 atom stereocenters. The standard InChI is InChI=1S/C21H21N3O4S/c1-3-22-21(23-15-7-5-4-6-8-15)29-17-13-18(25)24(19(17)26)16-11-9-14(10-12-16)20(27)28-2/h4-12,17H,3,13H2,1-2H3,(H,22,23). The Balaban J connectivity index is 1.77. The van der Waals surface area contributed by atoms with Gasteiger partial charge in [-0.15, -0.1) is 0 Å². The van der Waals surface area contributed by atoms with Crippen LogP contribution in [0.5, 0.6) is 0 Å². The van der Waals surface area contributed by atoms with Crippen molar-refractivity contribution in [3.63, 3.8) is 0 Å². The average molecular weight is 411 g/mol. The first kappa shape index (κ1) is 20.6. The predicted molar refractivity (Wildman–Crippen MR) is 113 cm³/mol. The van der Waals surface area contributed by atoms with Crippen LogP contribution in [0.1, 0.15) is 23.7 Å². The number of hydrogen-bond donors (Lipinski definition) is 1. The van der Waals surface area contributed by atoms with E-state index in [1.807, 2.05) is 37.3 Å². The van der Waals surface area contributed by atoms with E-state index in [1.165, 1.54) is 31.0 Å². The predicted octanol–water partition coefficient (Wildman–Crippen LogP) is 3.14. The molecule has 0 aliphatic carbocycles. The number of benzene rings is 2. The Bertz CT molecular complexity index is 929. The molecule has 1 aliphatic heterocycles. The number of anilines is 1. The van der Waals surface area contributed by atoms with Gasteiger partial charge in [0, 0.05) is 13.0 Å². The number of thioether (sulfide) groups is 1. The van der Waals surface area contributed by atoms with Crippen LogP contribution in [0.4, 0.5) is 11.4 Å². The van der Waals surface area contributed by atoms with Crippen LogP contribution in [0, 0.1) is 0 Å². The Hall–Kier alpha value is -3.13. The van der Waals surface area contributed by atoms with E-state index in [2.05, 4.69) is 15.0 Å². The van der Waals surface area contributed by atoms with Gasteiger partial charge in [0.25, 0.3) is 0 Å². The number of ether oxygens (including phenoxy) is 1. The number of imide groups is 1. The van der Waals surface area contributed by atoms with Crippen LogP contribution < -0.4 is 10.2 Å². The van der Waals surface area contributed by atoms with Crippen LogP contribution in [0.3, 0.4) is 0 Å². The minimum Gasteiger partial charge on any atom is -0.465 e. The van der Waals surface area contributed by atoms with Crippen molar-refractivity contribution in [3.8, 4) is 0 Å². The topological polar surface area (TPSA) is 88.1 Å². The summed E-state index contributed by atoms with van der Waals surface area (Å²) in [5.41, 5.74) is 1.55. The van der Waals surface area contributed by atoms with E-state index in [4.69, 9.17) is 0 Å². The van der Waals surface area contributed by atoms with E-state index in [-0.39, 0.29) is 18.2 Å². The van der Waals surface area contributed by atoms with Gasteiger partial charge in [0.05, 0.1) is 24.0 Å². The molecular weight excluding hydrogens is 390 g/mol. The fraction of sp³-hybridized carbons (Fsp3) is 0.238. The first-order valence-corrected chi connectivity index (χ1v) is 10.0. The van der Waals surface area contributed by atoms with Crippen LogP contribution in [-0.2, 0) is 14.3 Å². The fourth-order valence-electron chi connectivity index (χ4n) is 2.85. The van der Waals surface area contributed by atoms with Crippen LogP contribution in [0.2, 0.25) is 0 Å². The van der Waals surface area contributed by atoms with Crippen molar-refractivity contribution < 1.29 is 19.1 Å². The molecule has 0 bridgehead atoms. The summed E-state index contributed by atoms with van der Waals surface area (Å²) in [7, 11) is 1.30.